The first-order valence-corrected chi connectivity index (χ1v) is 12.6. The fourth-order valence-corrected chi connectivity index (χ4v) is 5.40. The second-order valence-electron chi connectivity index (χ2n) is 9.11. The highest BCUT2D eigenvalue weighted by molar-refractivity contribution is 7.09. The maximum atomic E-state index is 12.9. The number of hydrogen-bond donors (Lipinski definition) is 1. The molecule has 3 heterocycles. The number of likely N-dealkylation sites (tertiary alicyclic amines) is 1. The highest BCUT2D eigenvalue weighted by atomic mass is 32.1. The molecular weight excluding hydrogens is 422 g/mol. The van der Waals surface area contributed by atoms with E-state index in [1.807, 2.05) is 41.5 Å². The van der Waals surface area contributed by atoms with Crippen molar-refractivity contribution >= 4 is 23.2 Å². The lowest BCUT2D eigenvalue weighted by atomic mass is 9.74. The van der Waals surface area contributed by atoms with Crippen molar-refractivity contribution in [3.63, 3.8) is 0 Å². The van der Waals surface area contributed by atoms with E-state index in [2.05, 4.69) is 10.3 Å². The lowest BCUT2D eigenvalue weighted by Crippen LogP contribution is -2.48. The Hall–Kier alpha value is -2.41. The van der Waals surface area contributed by atoms with Crippen molar-refractivity contribution in [1.82, 2.24) is 15.2 Å². The van der Waals surface area contributed by atoms with Crippen molar-refractivity contribution in [1.29, 1.82) is 0 Å². The van der Waals surface area contributed by atoms with Crippen molar-refractivity contribution in [2.75, 3.05) is 26.2 Å². The van der Waals surface area contributed by atoms with Gasteiger partial charge in [-0.15, -0.1) is 11.3 Å². The van der Waals surface area contributed by atoms with Gasteiger partial charge in [0.25, 0.3) is 5.91 Å². The number of nitrogens with zero attached hydrogens (tertiary/aromatic N) is 2. The van der Waals surface area contributed by atoms with Gasteiger partial charge in [0.15, 0.2) is 0 Å². The van der Waals surface area contributed by atoms with Crippen LogP contribution in [0.25, 0.3) is 0 Å². The summed E-state index contributed by atoms with van der Waals surface area (Å²) in [5, 5.41) is 6.17. The topological polar surface area (TPSA) is 71.5 Å². The Labute approximate surface area is 194 Å². The molecule has 0 radical (unpaired) electrons. The van der Waals surface area contributed by atoms with Gasteiger partial charge < -0.3 is 15.0 Å². The number of aromatic nitrogens is 1. The third-order valence-corrected chi connectivity index (χ3v) is 7.61. The van der Waals surface area contributed by atoms with Crippen LogP contribution in [0.15, 0.2) is 29.6 Å². The van der Waals surface area contributed by atoms with Gasteiger partial charge in [-0.3, -0.25) is 9.59 Å². The molecular formula is C25H33N3O3S. The van der Waals surface area contributed by atoms with Crippen molar-refractivity contribution in [3.8, 4) is 5.75 Å². The smallest absolute Gasteiger partial charge is 0.255 e. The van der Waals surface area contributed by atoms with E-state index in [1.165, 1.54) is 6.42 Å². The van der Waals surface area contributed by atoms with Crippen LogP contribution in [0.3, 0.4) is 0 Å². The molecule has 2 aromatic rings. The molecule has 1 fully saturated rings. The Kier molecular flexibility index (Phi) is 7.45. The zero-order valence-corrected chi connectivity index (χ0v) is 19.7. The minimum atomic E-state index is -0.0726. The number of nitrogens with one attached hydrogen (secondary N) is 1. The Morgan fingerprint density at radius 1 is 1.16 bits per heavy atom. The molecule has 1 aromatic heterocycles. The molecule has 0 saturated carbocycles. The molecule has 1 N–H and O–H groups in total. The van der Waals surface area contributed by atoms with Gasteiger partial charge in [0.2, 0.25) is 5.91 Å². The van der Waals surface area contributed by atoms with Gasteiger partial charge in [0.1, 0.15) is 5.75 Å². The zero-order valence-electron chi connectivity index (χ0n) is 18.9. The van der Waals surface area contributed by atoms with E-state index >= 15 is 0 Å². The molecule has 0 aliphatic carbocycles. The number of aryl methyl sites for hydroxylation is 1. The second kappa shape index (κ2) is 10.5. The number of carbonyl (C=O) groups excluding carboxylic acids is 2. The first kappa shape index (κ1) is 22.8. The van der Waals surface area contributed by atoms with Crippen LogP contribution in [-0.4, -0.2) is 47.9 Å². The largest absolute Gasteiger partial charge is 0.493 e. The Morgan fingerprint density at radius 2 is 1.94 bits per heavy atom. The van der Waals surface area contributed by atoms with E-state index in [0.29, 0.717) is 30.9 Å². The third kappa shape index (κ3) is 5.68. The molecule has 172 valence electrons. The number of thiazole rings is 1. The first-order valence-electron chi connectivity index (χ1n) is 11.7. The van der Waals surface area contributed by atoms with Crippen LogP contribution in [0.2, 0.25) is 0 Å². The van der Waals surface area contributed by atoms with E-state index in [0.717, 1.165) is 62.3 Å². The standard InChI is InChI=1S/C25H33N3O3S/c1-19-27-20(17-32-19)16-23(29)28-13-11-25(12-14-28)10-6-2-3-7-15-31-22-9-5-4-8-21(22)24(30)26-18-25/h4-5,8-9,17H,2-3,6-7,10-16,18H2,1H3,(H,26,30). The molecule has 1 saturated heterocycles. The molecule has 2 amide bonds. The number of benzene rings is 1. The molecule has 32 heavy (non-hydrogen) atoms. The predicted octanol–water partition coefficient (Wildman–Crippen LogP) is 4.38. The fraction of sp³-hybridized carbons (Fsp3) is 0.560. The summed E-state index contributed by atoms with van der Waals surface area (Å²) < 4.78 is 5.89. The van der Waals surface area contributed by atoms with Gasteiger partial charge in [-0.2, -0.15) is 0 Å². The quantitative estimate of drug-likeness (QED) is 0.730. The second-order valence-corrected chi connectivity index (χ2v) is 10.2. The minimum Gasteiger partial charge on any atom is -0.493 e. The maximum absolute atomic E-state index is 12.9. The summed E-state index contributed by atoms with van der Waals surface area (Å²) in [7, 11) is 0. The van der Waals surface area contributed by atoms with Crippen LogP contribution < -0.4 is 10.1 Å². The van der Waals surface area contributed by atoms with Crippen LogP contribution in [0.4, 0.5) is 0 Å². The summed E-state index contributed by atoms with van der Waals surface area (Å²) in [6.45, 7) is 4.75. The number of fused-ring (bicyclic) bond motifs is 1. The summed E-state index contributed by atoms with van der Waals surface area (Å²) in [6, 6.07) is 7.49. The monoisotopic (exact) mass is 455 g/mol. The van der Waals surface area contributed by atoms with Crippen LogP contribution in [0.1, 0.15) is 66.0 Å². The molecule has 7 heteroatoms. The van der Waals surface area contributed by atoms with Crippen LogP contribution in [0.5, 0.6) is 5.75 Å². The predicted molar refractivity (Wildman–Crippen MR) is 126 cm³/mol. The van der Waals surface area contributed by atoms with Crippen molar-refractivity contribution in [3.05, 3.63) is 45.9 Å². The van der Waals surface area contributed by atoms with Gasteiger partial charge in [0, 0.05) is 25.0 Å². The van der Waals surface area contributed by atoms with Crippen LogP contribution >= 0.6 is 11.3 Å². The van der Waals surface area contributed by atoms with Gasteiger partial charge in [-0.25, -0.2) is 4.98 Å². The number of piperidine rings is 1. The molecule has 0 atom stereocenters. The van der Waals surface area contributed by atoms with Crippen molar-refractivity contribution < 1.29 is 14.3 Å². The third-order valence-electron chi connectivity index (χ3n) is 6.79. The van der Waals surface area contributed by atoms with Crippen molar-refractivity contribution in [2.24, 2.45) is 5.41 Å². The molecule has 4 rings (SSSR count). The summed E-state index contributed by atoms with van der Waals surface area (Å²) in [5.41, 5.74) is 1.52. The fourth-order valence-electron chi connectivity index (χ4n) is 4.78. The summed E-state index contributed by atoms with van der Waals surface area (Å²) in [4.78, 5) is 32.2. The van der Waals surface area contributed by atoms with Crippen molar-refractivity contribution in [2.45, 2.75) is 58.3 Å². The molecule has 1 aromatic carbocycles. The molecule has 6 nitrogen and oxygen atoms in total. The van der Waals surface area contributed by atoms with Gasteiger partial charge in [-0.1, -0.05) is 31.4 Å². The lowest BCUT2D eigenvalue weighted by Gasteiger charge is -2.42. The molecule has 2 aliphatic heterocycles. The maximum Gasteiger partial charge on any atom is 0.255 e. The molecule has 2 aliphatic rings. The SMILES string of the molecule is Cc1nc(CC(=O)N2CCC3(CCCCCCOc4ccccc4C(=O)NC3)CC2)cs1. The van der Waals surface area contributed by atoms with Gasteiger partial charge in [-0.05, 0) is 50.2 Å². The lowest BCUT2D eigenvalue weighted by molar-refractivity contribution is -0.132. The molecule has 0 bridgehead atoms. The van der Waals surface area contributed by atoms with Crippen LogP contribution in [-0.2, 0) is 11.2 Å². The van der Waals surface area contributed by atoms with Gasteiger partial charge in [0.05, 0.1) is 29.3 Å². The normalized spacial score (nSPS) is 19.7. The number of hydrogen-bond acceptors (Lipinski definition) is 5. The number of rotatable bonds is 2. The number of ether oxygens (including phenoxy) is 1. The summed E-state index contributed by atoms with van der Waals surface area (Å²) >= 11 is 1.59. The Morgan fingerprint density at radius 3 is 2.72 bits per heavy atom. The summed E-state index contributed by atoms with van der Waals surface area (Å²) in [5.74, 6) is 0.748. The van der Waals surface area contributed by atoms with Gasteiger partial charge >= 0.3 is 0 Å². The zero-order chi connectivity index (χ0) is 22.4. The van der Waals surface area contributed by atoms with Crippen LogP contribution in [0, 0.1) is 12.3 Å². The minimum absolute atomic E-state index is 0.0491. The average Bonchev–Trinajstić information content (AvgIpc) is 3.22. The first-order chi connectivity index (χ1) is 15.5. The number of amides is 2. The highest BCUT2D eigenvalue weighted by Crippen LogP contribution is 2.37. The number of carbonyl (C=O) groups is 2. The van der Waals surface area contributed by atoms with E-state index in [-0.39, 0.29) is 17.2 Å². The Bertz CT molecular complexity index is 934. The van der Waals surface area contributed by atoms with E-state index in [4.69, 9.17) is 4.74 Å². The van der Waals surface area contributed by atoms with E-state index in [9.17, 15) is 9.59 Å². The molecule has 0 unspecified atom stereocenters. The average molecular weight is 456 g/mol. The number of para-hydroxylation sites is 1. The van der Waals surface area contributed by atoms with E-state index < -0.39 is 0 Å². The Balaban J connectivity index is 1.40. The van der Waals surface area contributed by atoms with E-state index in [1.54, 1.807) is 11.3 Å². The highest BCUT2D eigenvalue weighted by Gasteiger charge is 2.36. The summed E-state index contributed by atoms with van der Waals surface area (Å²) in [6.07, 6.45) is 7.77. The molecule has 1 spiro atoms.